The van der Waals surface area contributed by atoms with Crippen molar-refractivity contribution in [2.24, 2.45) is 5.92 Å². The van der Waals surface area contributed by atoms with Crippen molar-refractivity contribution in [2.75, 3.05) is 33.9 Å². The summed E-state index contributed by atoms with van der Waals surface area (Å²) >= 11 is 0. The molecule has 1 aliphatic heterocycles. The Balaban J connectivity index is 1.63. The molecule has 1 fully saturated rings. The molecule has 2 amide bonds. The first-order valence-corrected chi connectivity index (χ1v) is 12.0. The maximum atomic E-state index is 13.4. The lowest BCUT2D eigenvalue weighted by atomic mass is 9.94. The number of carbonyl (C=O) groups excluding carboxylic acids is 2. The summed E-state index contributed by atoms with van der Waals surface area (Å²) in [6.45, 7) is 4.34. The molecule has 0 saturated carbocycles. The summed E-state index contributed by atoms with van der Waals surface area (Å²) < 4.78 is 23.9. The van der Waals surface area contributed by atoms with Crippen LogP contribution in [0.5, 0.6) is 11.5 Å². The first-order valence-electron chi connectivity index (χ1n) is 12.0. The van der Waals surface area contributed by atoms with Gasteiger partial charge in [-0.15, -0.1) is 0 Å². The average Bonchev–Trinajstić information content (AvgIpc) is 2.88. The molecule has 0 unspecified atom stereocenters. The van der Waals surface area contributed by atoms with Gasteiger partial charge >= 0.3 is 0 Å². The van der Waals surface area contributed by atoms with Crippen molar-refractivity contribution in [3.8, 4) is 11.5 Å². The van der Waals surface area contributed by atoms with Crippen molar-refractivity contribution in [1.82, 2.24) is 9.80 Å². The Morgan fingerprint density at radius 2 is 1.62 bits per heavy atom. The topological polar surface area (TPSA) is 59.1 Å². The highest BCUT2D eigenvalue weighted by Gasteiger charge is 2.31. The van der Waals surface area contributed by atoms with E-state index in [1.54, 1.807) is 49.5 Å². The third-order valence-electron chi connectivity index (χ3n) is 6.36. The summed E-state index contributed by atoms with van der Waals surface area (Å²) in [5, 5.41) is 0. The van der Waals surface area contributed by atoms with Gasteiger partial charge in [-0.1, -0.05) is 31.9 Å². The van der Waals surface area contributed by atoms with Crippen LogP contribution in [0.3, 0.4) is 0 Å². The van der Waals surface area contributed by atoms with E-state index in [1.807, 2.05) is 4.90 Å². The smallest absolute Gasteiger partial charge is 0.254 e. The number of likely N-dealkylation sites (tertiary alicyclic amines) is 1. The summed E-state index contributed by atoms with van der Waals surface area (Å²) in [5.41, 5.74) is 1.43. The predicted octanol–water partition coefficient (Wildman–Crippen LogP) is 4.91. The van der Waals surface area contributed by atoms with Crippen LogP contribution in [-0.4, -0.2) is 55.5 Å². The van der Waals surface area contributed by atoms with Crippen LogP contribution in [0, 0.1) is 11.7 Å². The fourth-order valence-electron chi connectivity index (χ4n) is 4.33. The predicted molar refractivity (Wildman–Crippen MR) is 130 cm³/mol. The fourth-order valence-corrected chi connectivity index (χ4v) is 4.33. The van der Waals surface area contributed by atoms with Crippen LogP contribution in [0.4, 0.5) is 4.39 Å². The molecule has 0 spiro atoms. The van der Waals surface area contributed by atoms with Crippen LogP contribution in [0.1, 0.15) is 54.9 Å². The molecule has 0 radical (unpaired) electrons. The fraction of sp³-hybridized carbons (Fsp3) is 0.481. The molecule has 0 N–H and O–H groups in total. The van der Waals surface area contributed by atoms with Gasteiger partial charge in [0.2, 0.25) is 5.91 Å². The van der Waals surface area contributed by atoms with Crippen LogP contribution in [-0.2, 0) is 11.3 Å². The van der Waals surface area contributed by atoms with Gasteiger partial charge in [-0.25, -0.2) is 4.39 Å². The molecule has 2 aromatic carbocycles. The zero-order valence-electron chi connectivity index (χ0n) is 20.4. The monoisotopic (exact) mass is 470 g/mol. The standard InChI is InChI=1S/C27H35FN2O4/c1-4-5-6-13-30(19-20-7-9-23(28)10-8-20)26(31)21-11-14-29(15-12-21)27(32)22-16-24(33-2)18-25(17-22)34-3/h7-10,16-18,21H,4-6,11-15,19H2,1-3H3. The van der Waals surface area contributed by atoms with E-state index in [0.717, 1.165) is 24.8 Å². The number of piperidine rings is 1. The number of rotatable bonds is 10. The highest BCUT2D eigenvalue weighted by Crippen LogP contribution is 2.26. The van der Waals surface area contributed by atoms with Gasteiger partial charge in [-0.2, -0.15) is 0 Å². The van der Waals surface area contributed by atoms with Crippen LogP contribution in [0.25, 0.3) is 0 Å². The van der Waals surface area contributed by atoms with Gasteiger partial charge in [0.25, 0.3) is 5.91 Å². The van der Waals surface area contributed by atoms with Crippen molar-refractivity contribution in [3.63, 3.8) is 0 Å². The lowest BCUT2D eigenvalue weighted by Crippen LogP contribution is -2.44. The van der Waals surface area contributed by atoms with E-state index >= 15 is 0 Å². The number of ether oxygens (including phenoxy) is 2. The first-order chi connectivity index (χ1) is 16.4. The van der Waals surface area contributed by atoms with E-state index in [9.17, 15) is 14.0 Å². The number of benzene rings is 2. The summed E-state index contributed by atoms with van der Waals surface area (Å²) in [5.74, 6) is 0.765. The summed E-state index contributed by atoms with van der Waals surface area (Å²) in [4.78, 5) is 30.2. The number of unbranched alkanes of at least 4 members (excludes halogenated alkanes) is 2. The number of methoxy groups -OCH3 is 2. The summed E-state index contributed by atoms with van der Waals surface area (Å²) in [6.07, 6.45) is 4.33. The number of hydrogen-bond donors (Lipinski definition) is 0. The van der Waals surface area contributed by atoms with E-state index in [0.29, 0.717) is 56.1 Å². The van der Waals surface area contributed by atoms with E-state index in [-0.39, 0.29) is 23.5 Å². The van der Waals surface area contributed by atoms with Crippen LogP contribution in [0.15, 0.2) is 42.5 Å². The Bertz CT molecular complexity index is 933. The Labute approximate surface area is 201 Å². The van der Waals surface area contributed by atoms with Crippen molar-refractivity contribution >= 4 is 11.8 Å². The molecular formula is C27H35FN2O4. The molecule has 3 rings (SSSR count). The van der Waals surface area contributed by atoms with Crippen molar-refractivity contribution in [1.29, 1.82) is 0 Å². The molecule has 7 heteroatoms. The summed E-state index contributed by atoms with van der Waals surface area (Å²) in [6, 6.07) is 11.5. The molecule has 0 aromatic heterocycles. The van der Waals surface area contributed by atoms with Gasteiger partial charge in [-0.3, -0.25) is 9.59 Å². The van der Waals surface area contributed by atoms with E-state index in [1.165, 1.54) is 12.1 Å². The van der Waals surface area contributed by atoms with Gasteiger partial charge in [0.15, 0.2) is 0 Å². The number of halogens is 1. The molecular weight excluding hydrogens is 435 g/mol. The maximum Gasteiger partial charge on any atom is 0.254 e. The second kappa shape index (κ2) is 12.4. The molecule has 184 valence electrons. The number of amides is 2. The lowest BCUT2D eigenvalue weighted by Gasteiger charge is -2.34. The molecule has 2 aromatic rings. The average molecular weight is 471 g/mol. The van der Waals surface area contributed by atoms with E-state index < -0.39 is 0 Å². The zero-order valence-corrected chi connectivity index (χ0v) is 20.4. The van der Waals surface area contributed by atoms with Gasteiger partial charge < -0.3 is 19.3 Å². The summed E-state index contributed by atoms with van der Waals surface area (Å²) in [7, 11) is 3.11. The van der Waals surface area contributed by atoms with Gasteiger partial charge in [0, 0.05) is 43.7 Å². The molecule has 1 aliphatic rings. The highest BCUT2D eigenvalue weighted by molar-refractivity contribution is 5.95. The van der Waals surface area contributed by atoms with Crippen molar-refractivity contribution in [3.05, 3.63) is 59.4 Å². The number of nitrogens with zero attached hydrogens (tertiary/aromatic N) is 2. The number of hydrogen-bond acceptors (Lipinski definition) is 4. The Hall–Kier alpha value is -3.09. The second-order valence-electron chi connectivity index (χ2n) is 8.76. The molecule has 1 heterocycles. The largest absolute Gasteiger partial charge is 0.497 e. The third kappa shape index (κ3) is 6.72. The number of carbonyl (C=O) groups is 2. The SMILES string of the molecule is CCCCCN(Cc1ccc(F)cc1)C(=O)C1CCN(C(=O)c2cc(OC)cc(OC)c2)CC1. The first kappa shape index (κ1) is 25.5. The van der Waals surface area contributed by atoms with Crippen LogP contribution in [0.2, 0.25) is 0 Å². The highest BCUT2D eigenvalue weighted by atomic mass is 19.1. The van der Waals surface area contributed by atoms with Crippen LogP contribution < -0.4 is 9.47 Å². The molecule has 1 saturated heterocycles. The maximum absolute atomic E-state index is 13.4. The Kier molecular flexibility index (Phi) is 9.31. The minimum atomic E-state index is -0.279. The van der Waals surface area contributed by atoms with Crippen molar-refractivity contribution < 1.29 is 23.5 Å². The van der Waals surface area contributed by atoms with Gasteiger partial charge in [0.05, 0.1) is 14.2 Å². The van der Waals surface area contributed by atoms with Crippen molar-refractivity contribution in [2.45, 2.75) is 45.6 Å². The lowest BCUT2D eigenvalue weighted by molar-refractivity contribution is -0.137. The van der Waals surface area contributed by atoms with Crippen LogP contribution >= 0.6 is 0 Å². The van der Waals surface area contributed by atoms with E-state index in [4.69, 9.17) is 9.47 Å². The zero-order chi connectivity index (χ0) is 24.5. The Morgan fingerprint density at radius 3 is 2.18 bits per heavy atom. The molecule has 0 atom stereocenters. The van der Waals surface area contributed by atoms with Gasteiger partial charge in [0.1, 0.15) is 17.3 Å². The van der Waals surface area contributed by atoms with Gasteiger partial charge in [-0.05, 0) is 49.1 Å². The minimum absolute atomic E-state index is 0.0887. The Morgan fingerprint density at radius 1 is 1.00 bits per heavy atom. The normalized spacial score (nSPS) is 14.1. The molecule has 0 bridgehead atoms. The quantitative estimate of drug-likeness (QED) is 0.463. The molecule has 34 heavy (non-hydrogen) atoms. The molecule has 6 nitrogen and oxygen atoms in total. The van der Waals surface area contributed by atoms with E-state index in [2.05, 4.69) is 6.92 Å². The molecule has 0 aliphatic carbocycles. The third-order valence-corrected chi connectivity index (χ3v) is 6.36. The second-order valence-corrected chi connectivity index (χ2v) is 8.76. The minimum Gasteiger partial charge on any atom is -0.497 e.